The molecule has 4 nitrogen and oxygen atoms in total. The smallest absolute Gasteiger partial charge is 0.271 e. The van der Waals surface area contributed by atoms with Crippen molar-refractivity contribution in [3.8, 4) is 0 Å². The molecule has 1 heterocycles. The van der Waals surface area contributed by atoms with Crippen molar-refractivity contribution in [2.75, 3.05) is 5.32 Å². The molecule has 0 fully saturated rings. The second kappa shape index (κ2) is 7.27. The van der Waals surface area contributed by atoms with Gasteiger partial charge in [0.15, 0.2) is 5.13 Å². The van der Waals surface area contributed by atoms with E-state index in [-0.39, 0.29) is 5.91 Å². The Morgan fingerprint density at radius 2 is 1.88 bits per heavy atom. The van der Waals surface area contributed by atoms with Crippen LogP contribution in [0.25, 0.3) is 0 Å². The molecule has 0 aliphatic heterocycles. The van der Waals surface area contributed by atoms with E-state index in [1.165, 1.54) is 22.5 Å². The third kappa shape index (κ3) is 4.20. The third-order valence-electron chi connectivity index (χ3n) is 3.58. The molecule has 0 saturated heterocycles. The largest absolute Gasteiger partial charge is 0.347 e. The van der Waals surface area contributed by atoms with Crippen LogP contribution in [0.15, 0.2) is 53.9 Å². The molecule has 3 aromatic rings. The summed E-state index contributed by atoms with van der Waals surface area (Å²) >= 11 is 1.42. The van der Waals surface area contributed by atoms with Crippen LogP contribution < -0.4 is 10.6 Å². The summed E-state index contributed by atoms with van der Waals surface area (Å²) in [6.07, 6.45) is 0. The summed E-state index contributed by atoms with van der Waals surface area (Å²) in [6, 6.07) is 16.1. The van der Waals surface area contributed by atoms with E-state index in [0.29, 0.717) is 17.4 Å². The maximum absolute atomic E-state index is 12.2. The van der Waals surface area contributed by atoms with Gasteiger partial charge in [-0.1, -0.05) is 42.0 Å². The van der Waals surface area contributed by atoms with Gasteiger partial charge in [-0.25, -0.2) is 4.98 Å². The first-order valence-electron chi connectivity index (χ1n) is 7.73. The summed E-state index contributed by atoms with van der Waals surface area (Å²) < 4.78 is 0. The molecule has 122 valence electrons. The van der Waals surface area contributed by atoms with Gasteiger partial charge in [0.05, 0.1) is 0 Å². The minimum Gasteiger partial charge on any atom is -0.347 e. The second-order valence-corrected chi connectivity index (χ2v) is 6.56. The topological polar surface area (TPSA) is 54.0 Å². The summed E-state index contributed by atoms with van der Waals surface area (Å²) in [7, 11) is 0. The van der Waals surface area contributed by atoms with Gasteiger partial charge < -0.3 is 10.6 Å². The van der Waals surface area contributed by atoms with Crippen molar-refractivity contribution in [2.45, 2.75) is 20.4 Å². The first-order chi connectivity index (χ1) is 11.6. The Hall–Kier alpha value is -2.66. The molecule has 0 saturated carbocycles. The zero-order valence-corrected chi connectivity index (χ0v) is 14.5. The molecule has 0 atom stereocenters. The maximum Gasteiger partial charge on any atom is 0.271 e. The zero-order valence-electron chi connectivity index (χ0n) is 13.7. The Balaban J connectivity index is 1.60. The van der Waals surface area contributed by atoms with Crippen LogP contribution in [0.2, 0.25) is 0 Å². The highest BCUT2D eigenvalue weighted by Gasteiger charge is 2.10. The molecule has 0 aliphatic rings. The van der Waals surface area contributed by atoms with Crippen LogP contribution in [0.4, 0.5) is 10.8 Å². The Morgan fingerprint density at radius 3 is 2.62 bits per heavy atom. The number of nitrogens with zero attached hydrogens (tertiary/aromatic N) is 1. The fourth-order valence-electron chi connectivity index (χ4n) is 2.26. The molecule has 0 aliphatic carbocycles. The lowest BCUT2D eigenvalue weighted by molar-refractivity contribution is 0.0946. The van der Waals surface area contributed by atoms with Crippen LogP contribution in [0.3, 0.4) is 0 Å². The average Bonchev–Trinajstić information content (AvgIpc) is 3.03. The molecule has 2 aromatic carbocycles. The molecule has 0 unspecified atom stereocenters. The Kier molecular flexibility index (Phi) is 4.91. The standard InChI is InChI=1S/C19H19N3OS/c1-13-6-8-15(9-7-13)11-20-18(23)17-12-24-19(22-17)21-16-5-3-4-14(2)10-16/h3-10,12H,11H2,1-2H3,(H,20,23)(H,21,22). The highest BCUT2D eigenvalue weighted by Crippen LogP contribution is 2.21. The lowest BCUT2D eigenvalue weighted by atomic mass is 10.1. The van der Waals surface area contributed by atoms with E-state index in [9.17, 15) is 4.79 Å². The molecule has 24 heavy (non-hydrogen) atoms. The van der Waals surface area contributed by atoms with Crippen molar-refractivity contribution in [2.24, 2.45) is 0 Å². The Morgan fingerprint density at radius 1 is 1.08 bits per heavy atom. The minimum absolute atomic E-state index is 0.163. The van der Waals surface area contributed by atoms with Gasteiger partial charge in [0.25, 0.3) is 5.91 Å². The maximum atomic E-state index is 12.2. The highest BCUT2D eigenvalue weighted by molar-refractivity contribution is 7.14. The van der Waals surface area contributed by atoms with Gasteiger partial charge in [0, 0.05) is 17.6 Å². The van der Waals surface area contributed by atoms with Gasteiger partial charge in [-0.2, -0.15) is 0 Å². The van der Waals surface area contributed by atoms with Crippen molar-refractivity contribution < 1.29 is 4.79 Å². The number of thiazole rings is 1. The summed E-state index contributed by atoms with van der Waals surface area (Å²) in [5.41, 5.74) is 4.85. The van der Waals surface area contributed by atoms with E-state index in [1.807, 2.05) is 62.4 Å². The van der Waals surface area contributed by atoms with E-state index < -0.39 is 0 Å². The molecule has 1 amide bonds. The predicted molar refractivity (Wildman–Crippen MR) is 98.9 cm³/mol. The van der Waals surface area contributed by atoms with Crippen molar-refractivity contribution in [3.05, 3.63) is 76.3 Å². The molecular weight excluding hydrogens is 318 g/mol. The number of carbonyl (C=O) groups excluding carboxylic acids is 1. The monoisotopic (exact) mass is 337 g/mol. The van der Waals surface area contributed by atoms with Gasteiger partial charge in [-0.15, -0.1) is 11.3 Å². The fraction of sp³-hybridized carbons (Fsp3) is 0.158. The number of nitrogens with one attached hydrogen (secondary N) is 2. The number of benzene rings is 2. The average molecular weight is 337 g/mol. The highest BCUT2D eigenvalue weighted by atomic mass is 32.1. The predicted octanol–water partition coefficient (Wildman–Crippen LogP) is 4.43. The van der Waals surface area contributed by atoms with Gasteiger partial charge in [-0.05, 0) is 37.1 Å². The van der Waals surface area contributed by atoms with E-state index >= 15 is 0 Å². The quantitative estimate of drug-likeness (QED) is 0.724. The number of rotatable bonds is 5. The normalized spacial score (nSPS) is 10.4. The third-order valence-corrected chi connectivity index (χ3v) is 4.34. The molecule has 0 bridgehead atoms. The summed E-state index contributed by atoms with van der Waals surface area (Å²) in [5, 5.41) is 8.60. The number of aryl methyl sites for hydroxylation is 2. The molecular formula is C19H19N3OS. The van der Waals surface area contributed by atoms with Crippen LogP contribution in [0.1, 0.15) is 27.2 Å². The first kappa shape index (κ1) is 16.2. The molecule has 5 heteroatoms. The SMILES string of the molecule is Cc1ccc(CNC(=O)c2csc(Nc3cccc(C)c3)n2)cc1. The number of hydrogen-bond donors (Lipinski definition) is 2. The van der Waals surface area contributed by atoms with Crippen LogP contribution in [0.5, 0.6) is 0 Å². The number of carbonyl (C=O) groups is 1. The van der Waals surface area contributed by atoms with Gasteiger partial charge >= 0.3 is 0 Å². The number of amides is 1. The van der Waals surface area contributed by atoms with Crippen LogP contribution >= 0.6 is 11.3 Å². The molecule has 0 radical (unpaired) electrons. The Bertz CT molecular complexity index is 840. The van der Waals surface area contributed by atoms with E-state index in [2.05, 4.69) is 15.6 Å². The van der Waals surface area contributed by atoms with Crippen molar-refractivity contribution in [3.63, 3.8) is 0 Å². The van der Waals surface area contributed by atoms with E-state index in [1.54, 1.807) is 5.38 Å². The minimum atomic E-state index is -0.163. The number of aromatic nitrogens is 1. The molecule has 0 spiro atoms. The van der Waals surface area contributed by atoms with Crippen LogP contribution in [-0.4, -0.2) is 10.9 Å². The van der Waals surface area contributed by atoms with Gasteiger partial charge in [0.1, 0.15) is 5.69 Å². The molecule has 1 aromatic heterocycles. The van der Waals surface area contributed by atoms with Crippen LogP contribution in [0, 0.1) is 13.8 Å². The lowest BCUT2D eigenvalue weighted by Gasteiger charge is -2.04. The van der Waals surface area contributed by atoms with Gasteiger partial charge in [-0.3, -0.25) is 4.79 Å². The first-order valence-corrected chi connectivity index (χ1v) is 8.61. The number of hydrogen-bond acceptors (Lipinski definition) is 4. The summed E-state index contributed by atoms with van der Waals surface area (Å²) in [4.78, 5) is 16.6. The van der Waals surface area contributed by atoms with E-state index in [0.717, 1.165) is 11.3 Å². The van der Waals surface area contributed by atoms with Crippen molar-refractivity contribution in [1.29, 1.82) is 0 Å². The van der Waals surface area contributed by atoms with Crippen molar-refractivity contribution in [1.82, 2.24) is 10.3 Å². The van der Waals surface area contributed by atoms with Crippen LogP contribution in [-0.2, 0) is 6.54 Å². The van der Waals surface area contributed by atoms with Crippen molar-refractivity contribution >= 4 is 28.1 Å². The second-order valence-electron chi connectivity index (χ2n) is 5.70. The molecule has 3 rings (SSSR count). The fourth-order valence-corrected chi connectivity index (χ4v) is 2.97. The number of anilines is 2. The summed E-state index contributed by atoms with van der Waals surface area (Å²) in [6.45, 7) is 4.58. The molecule has 2 N–H and O–H groups in total. The van der Waals surface area contributed by atoms with E-state index in [4.69, 9.17) is 0 Å². The lowest BCUT2D eigenvalue weighted by Crippen LogP contribution is -2.23. The van der Waals surface area contributed by atoms with Gasteiger partial charge in [0.2, 0.25) is 0 Å². The summed E-state index contributed by atoms with van der Waals surface area (Å²) in [5.74, 6) is -0.163. The zero-order chi connectivity index (χ0) is 16.9. The Labute approximate surface area is 145 Å².